The van der Waals surface area contributed by atoms with E-state index in [4.69, 9.17) is 21.5 Å². The average molecular weight is 539 g/mol. The molecule has 32 heavy (non-hydrogen) atoms. The molecule has 9 nitrogen and oxygen atoms in total. The number of halogens is 1. The van der Waals surface area contributed by atoms with E-state index >= 15 is 0 Å². The third kappa shape index (κ3) is 6.05. The second-order valence-corrected chi connectivity index (χ2v) is 9.38. The van der Waals surface area contributed by atoms with Gasteiger partial charge in [-0.05, 0) is 84.5 Å². The lowest BCUT2D eigenvalue weighted by Crippen LogP contribution is -2.34. The molecular weight excluding hydrogens is 520 g/mol. The third-order valence-corrected chi connectivity index (χ3v) is 6.20. The number of amides is 1. The highest BCUT2D eigenvalue weighted by atomic mass is 79.9. The quantitative estimate of drug-likeness (QED) is 0.384. The number of nitrogens with zero attached hydrogens (tertiary/aromatic N) is 1. The Bertz CT molecular complexity index is 1240. The van der Waals surface area contributed by atoms with Gasteiger partial charge < -0.3 is 14.6 Å². The van der Waals surface area contributed by atoms with Crippen LogP contribution in [0.2, 0.25) is 0 Å². The first-order valence-electron chi connectivity index (χ1n) is 9.29. The van der Waals surface area contributed by atoms with Gasteiger partial charge in [-0.15, -0.1) is 0 Å². The Kier molecular flexibility index (Phi) is 7.48. The number of benzene rings is 2. The summed E-state index contributed by atoms with van der Waals surface area (Å²) in [4.78, 5) is 12.5. The predicted octanol–water partition coefficient (Wildman–Crippen LogP) is 4.07. The Hall–Kier alpha value is -2.96. The number of aromatic nitrogens is 1. The number of anilines is 2. The molecule has 12 heteroatoms. The van der Waals surface area contributed by atoms with Crippen molar-refractivity contribution in [1.82, 2.24) is 10.5 Å². The smallest absolute Gasteiger partial charge is 0.263 e. The van der Waals surface area contributed by atoms with E-state index in [2.05, 4.69) is 36.4 Å². The minimum atomic E-state index is -3.83. The molecule has 2 aromatic carbocycles. The molecule has 0 radical (unpaired) electrons. The molecule has 3 N–H and O–H groups in total. The maximum absolute atomic E-state index is 12.4. The van der Waals surface area contributed by atoms with Crippen molar-refractivity contribution in [2.45, 2.75) is 18.7 Å². The summed E-state index contributed by atoms with van der Waals surface area (Å²) in [5, 5.41) is 9.09. The summed E-state index contributed by atoms with van der Waals surface area (Å²) in [7, 11) is -3.83. The molecule has 168 valence electrons. The third-order valence-electron chi connectivity index (χ3n) is 4.01. The van der Waals surface area contributed by atoms with Crippen LogP contribution in [-0.4, -0.2) is 31.2 Å². The van der Waals surface area contributed by atoms with Crippen molar-refractivity contribution in [3.8, 4) is 5.75 Å². The summed E-state index contributed by atoms with van der Waals surface area (Å²) in [5.74, 6) is 0.801. The topological polar surface area (TPSA) is 123 Å². The predicted molar refractivity (Wildman–Crippen MR) is 127 cm³/mol. The standard InChI is InChI=1S/C20H19BrN4O5S2/c1-3-29-17-9-4-13(11-16(17)21)19(26)23-20(31)22-14-5-7-15(8-6-14)32(27,28)25-18-10-12(2)30-24-18/h4-11H,3H2,1-2H3,(H,24,25)(H2,22,23,26,31). The second-order valence-electron chi connectivity index (χ2n) is 6.44. The Balaban J connectivity index is 1.60. The van der Waals surface area contributed by atoms with Crippen LogP contribution in [0.3, 0.4) is 0 Å². The zero-order valence-electron chi connectivity index (χ0n) is 17.0. The van der Waals surface area contributed by atoms with Crippen LogP contribution in [-0.2, 0) is 10.0 Å². The fraction of sp³-hybridized carbons (Fsp3) is 0.150. The van der Waals surface area contributed by atoms with E-state index in [1.54, 1.807) is 25.1 Å². The van der Waals surface area contributed by atoms with Crippen molar-refractivity contribution in [2.24, 2.45) is 0 Å². The highest BCUT2D eigenvalue weighted by Crippen LogP contribution is 2.26. The lowest BCUT2D eigenvalue weighted by molar-refractivity contribution is 0.0977. The van der Waals surface area contributed by atoms with E-state index in [0.717, 1.165) is 0 Å². The zero-order chi connectivity index (χ0) is 23.3. The van der Waals surface area contributed by atoms with Gasteiger partial charge in [0.2, 0.25) is 0 Å². The molecular formula is C20H19BrN4O5S2. The number of carbonyl (C=O) groups excluding carboxylic acids is 1. The molecule has 0 aliphatic heterocycles. The van der Waals surface area contributed by atoms with E-state index in [9.17, 15) is 13.2 Å². The largest absolute Gasteiger partial charge is 0.493 e. The van der Waals surface area contributed by atoms with Crippen LogP contribution in [0.4, 0.5) is 11.5 Å². The first-order valence-corrected chi connectivity index (χ1v) is 12.0. The Labute approximate surface area is 198 Å². The maximum atomic E-state index is 12.4. The van der Waals surface area contributed by atoms with Crippen LogP contribution in [0, 0.1) is 6.92 Å². The maximum Gasteiger partial charge on any atom is 0.263 e. The molecule has 0 atom stereocenters. The molecule has 0 saturated heterocycles. The molecule has 0 bridgehead atoms. The lowest BCUT2D eigenvalue weighted by Gasteiger charge is -2.11. The number of nitrogens with one attached hydrogen (secondary N) is 3. The monoisotopic (exact) mass is 538 g/mol. The molecule has 1 heterocycles. The van der Waals surface area contributed by atoms with Gasteiger partial charge in [-0.3, -0.25) is 14.8 Å². The Morgan fingerprint density at radius 3 is 2.50 bits per heavy atom. The molecule has 3 rings (SSSR count). The summed E-state index contributed by atoms with van der Waals surface area (Å²) in [6.45, 7) is 4.03. The fourth-order valence-corrected chi connectivity index (χ4v) is 4.27. The molecule has 1 amide bonds. The van der Waals surface area contributed by atoms with E-state index in [1.807, 2.05) is 6.92 Å². The summed E-state index contributed by atoms with van der Waals surface area (Å²) in [5.41, 5.74) is 0.888. The number of hydrogen-bond acceptors (Lipinski definition) is 7. The van der Waals surface area contributed by atoms with Crippen molar-refractivity contribution in [3.63, 3.8) is 0 Å². The molecule has 0 saturated carbocycles. The molecule has 0 unspecified atom stereocenters. The van der Waals surface area contributed by atoms with Gasteiger partial charge in [0.1, 0.15) is 11.5 Å². The number of thiocarbonyl (C=S) groups is 1. The van der Waals surface area contributed by atoms with Gasteiger partial charge in [0.05, 0.1) is 16.0 Å². The minimum Gasteiger partial charge on any atom is -0.493 e. The van der Waals surface area contributed by atoms with Crippen LogP contribution in [0.15, 0.2) is 62.4 Å². The van der Waals surface area contributed by atoms with Crippen LogP contribution in [0.25, 0.3) is 0 Å². The summed E-state index contributed by atoms with van der Waals surface area (Å²) in [6.07, 6.45) is 0. The number of ether oxygens (including phenoxy) is 1. The van der Waals surface area contributed by atoms with Gasteiger partial charge in [0.15, 0.2) is 10.9 Å². The average Bonchev–Trinajstić information content (AvgIpc) is 3.13. The SMILES string of the molecule is CCOc1ccc(C(=O)NC(=S)Nc2ccc(S(=O)(=O)Nc3cc(C)on3)cc2)cc1Br. The number of aryl methyl sites for hydroxylation is 1. The molecule has 0 aliphatic rings. The number of carbonyl (C=O) groups is 1. The van der Waals surface area contributed by atoms with Gasteiger partial charge >= 0.3 is 0 Å². The fourth-order valence-electron chi connectivity index (χ4n) is 2.58. The van der Waals surface area contributed by atoms with Crippen LogP contribution in [0.5, 0.6) is 5.75 Å². The highest BCUT2D eigenvalue weighted by molar-refractivity contribution is 9.10. The first-order chi connectivity index (χ1) is 15.2. The highest BCUT2D eigenvalue weighted by Gasteiger charge is 2.16. The van der Waals surface area contributed by atoms with E-state index in [0.29, 0.717) is 33.8 Å². The van der Waals surface area contributed by atoms with Crippen molar-refractivity contribution < 1.29 is 22.5 Å². The van der Waals surface area contributed by atoms with E-state index in [1.165, 1.54) is 30.3 Å². The number of rotatable bonds is 7. The van der Waals surface area contributed by atoms with Gasteiger partial charge in [-0.2, -0.15) is 0 Å². The Morgan fingerprint density at radius 2 is 1.91 bits per heavy atom. The van der Waals surface area contributed by atoms with Gasteiger partial charge in [-0.1, -0.05) is 5.16 Å². The van der Waals surface area contributed by atoms with Crippen molar-refractivity contribution in [2.75, 3.05) is 16.6 Å². The number of sulfonamides is 1. The molecule has 0 fully saturated rings. The summed E-state index contributed by atoms with van der Waals surface area (Å²) >= 11 is 8.54. The van der Waals surface area contributed by atoms with Crippen molar-refractivity contribution in [3.05, 3.63) is 64.3 Å². The van der Waals surface area contributed by atoms with Gasteiger partial charge in [-0.25, -0.2) is 8.42 Å². The summed E-state index contributed by atoms with van der Waals surface area (Å²) < 4.78 is 38.1. The van der Waals surface area contributed by atoms with E-state index < -0.39 is 15.9 Å². The van der Waals surface area contributed by atoms with Crippen LogP contribution >= 0.6 is 28.1 Å². The Morgan fingerprint density at radius 1 is 1.19 bits per heavy atom. The van der Waals surface area contributed by atoms with Gasteiger partial charge in [0, 0.05) is 17.3 Å². The van der Waals surface area contributed by atoms with Crippen LogP contribution < -0.4 is 20.1 Å². The van der Waals surface area contributed by atoms with Gasteiger partial charge in [0.25, 0.3) is 15.9 Å². The summed E-state index contributed by atoms with van der Waals surface area (Å²) in [6, 6.07) is 12.2. The molecule has 1 aromatic heterocycles. The van der Waals surface area contributed by atoms with Crippen LogP contribution in [0.1, 0.15) is 23.0 Å². The molecule has 3 aromatic rings. The first kappa shape index (κ1) is 23.7. The number of hydrogen-bond donors (Lipinski definition) is 3. The second kappa shape index (κ2) is 10.1. The van der Waals surface area contributed by atoms with Crippen molar-refractivity contribution in [1.29, 1.82) is 0 Å². The normalized spacial score (nSPS) is 11.0. The molecule has 0 spiro atoms. The minimum absolute atomic E-state index is 0.0258. The van der Waals surface area contributed by atoms with E-state index in [-0.39, 0.29) is 15.8 Å². The zero-order valence-corrected chi connectivity index (χ0v) is 20.2. The van der Waals surface area contributed by atoms with Crippen molar-refractivity contribution >= 4 is 60.7 Å². The molecule has 0 aliphatic carbocycles. The lowest BCUT2D eigenvalue weighted by atomic mass is 10.2.